The van der Waals surface area contributed by atoms with Gasteiger partial charge in [0.25, 0.3) is 0 Å². The van der Waals surface area contributed by atoms with Crippen LogP contribution in [0, 0.1) is 6.92 Å². The molecule has 1 N–H and O–H groups in total. The van der Waals surface area contributed by atoms with E-state index >= 15 is 0 Å². The highest BCUT2D eigenvalue weighted by Crippen LogP contribution is 2.38. The zero-order chi connectivity index (χ0) is 22.8. The summed E-state index contributed by atoms with van der Waals surface area (Å²) in [5.41, 5.74) is 4.31. The fourth-order valence-electron chi connectivity index (χ4n) is 3.83. The summed E-state index contributed by atoms with van der Waals surface area (Å²) in [7, 11) is 0. The molecule has 1 amide bonds. The van der Waals surface area contributed by atoms with Gasteiger partial charge in [-0.1, -0.05) is 51.3 Å². The van der Waals surface area contributed by atoms with Crippen LogP contribution < -0.4 is 0 Å². The summed E-state index contributed by atoms with van der Waals surface area (Å²) in [6, 6.07) is 15.3. The second kappa shape index (κ2) is 9.38. The van der Waals surface area contributed by atoms with E-state index in [2.05, 4.69) is 26.0 Å². The van der Waals surface area contributed by atoms with E-state index in [0.29, 0.717) is 11.6 Å². The maximum atomic E-state index is 13.0. The van der Waals surface area contributed by atoms with Gasteiger partial charge in [-0.3, -0.25) is 9.59 Å². The van der Waals surface area contributed by atoms with Crippen LogP contribution in [0.1, 0.15) is 48.4 Å². The number of halogens is 2. The number of hydrogen-bond acceptors (Lipinski definition) is 4. The molecule has 2 aromatic carbocycles. The zero-order valence-corrected chi connectivity index (χ0v) is 19.7. The quantitative estimate of drug-likeness (QED) is 0.416. The predicted molar refractivity (Wildman–Crippen MR) is 128 cm³/mol. The first kappa shape index (κ1) is 22.4. The summed E-state index contributed by atoms with van der Waals surface area (Å²) in [6.07, 6.45) is 0.775. The van der Waals surface area contributed by atoms with Crippen molar-refractivity contribution in [2.24, 2.45) is 5.10 Å². The molecule has 3 aromatic rings. The number of carboxylic acid groups (broad SMARTS) is 1. The largest absolute Gasteiger partial charge is 0.481 e. The molecule has 0 fully saturated rings. The Bertz CT molecular complexity index is 1230. The number of hydrogen-bond donors (Lipinski definition) is 1. The molecule has 1 atom stereocenters. The van der Waals surface area contributed by atoms with Crippen LogP contribution in [0.15, 0.2) is 58.1 Å². The van der Waals surface area contributed by atoms with Gasteiger partial charge in [-0.25, -0.2) is 9.99 Å². The number of fused-ring (bicyclic) bond motifs is 1. The van der Waals surface area contributed by atoms with Crippen molar-refractivity contribution in [3.63, 3.8) is 0 Å². The van der Waals surface area contributed by atoms with E-state index in [1.807, 2.05) is 55.5 Å². The molecular formula is C24H21BrClN3O3. The second-order valence-corrected chi connectivity index (χ2v) is 9.10. The van der Waals surface area contributed by atoms with Crippen molar-refractivity contribution >= 4 is 56.0 Å². The molecule has 1 aliphatic rings. The Morgan fingerprint density at radius 2 is 1.91 bits per heavy atom. The van der Waals surface area contributed by atoms with Crippen molar-refractivity contribution in [1.82, 2.24) is 9.99 Å². The highest BCUT2D eigenvalue weighted by Gasteiger charge is 2.34. The van der Waals surface area contributed by atoms with E-state index < -0.39 is 12.0 Å². The maximum absolute atomic E-state index is 13.0. The number of rotatable bonds is 6. The van der Waals surface area contributed by atoms with Gasteiger partial charge in [0.15, 0.2) is 0 Å². The number of nitrogens with zero attached hydrogens (tertiary/aromatic N) is 3. The molecule has 0 spiro atoms. The first-order chi connectivity index (χ1) is 15.3. The van der Waals surface area contributed by atoms with E-state index in [1.165, 1.54) is 5.01 Å². The number of amides is 1. The Balaban J connectivity index is 1.71. The fourth-order valence-corrected chi connectivity index (χ4v) is 4.36. The highest BCUT2D eigenvalue weighted by molar-refractivity contribution is 9.10. The van der Waals surface area contributed by atoms with Gasteiger partial charge in [0, 0.05) is 34.7 Å². The maximum Gasteiger partial charge on any atom is 0.303 e. The number of pyridine rings is 1. The fraction of sp³-hybridized carbons (Fsp3) is 0.250. The lowest BCUT2D eigenvalue weighted by atomic mass is 9.98. The van der Waals surface area contributed by atoms with Gasteiger partial charge in [0.05, 0.1) is 17.3 Å². The smallest absolute Gasteiger partial charge is 0.303 e. The van der Waals surface area contributed by atoms with Gasteiger partial charge in [-0.2, -0.15) is 5.10 Å². The Hall–Kier alpha value is -2.77. The Labute approximate surface area is 199 Å². The summed E-state index contributed by atoms with van der Waals surface area (Å²) in [5.74, 6) is -1.16. The Morgan fingerprint density at radius 1 is 1.16 bits per heavy atom. The van der Waals surface area contributed by atoms with Gasteiger partial charge >= 0.3 is 5.97 Å². The molecule has 0 saturated carbocycles. The number of aromatic nitrogens is 1. The minimum absolute atomic E-state index is 0.0644. The minimum Gasteiger partial charge on any atom is -0.481 e. The molecule has 8 heteroatoms. The molecule has 0 saturated heterocycles. The van der Waals surface area contributed by atoms with Crippen LogP contribution in [0.3, 0.4) is 0 Å². The van der Waals surface area contributed by atoms with Gasteiger partial charge in [-0.15, -0.1) is 0 Å². The number of hydrazone groups is 1. The predicted octanol–water partition coefficient (Wildman–Crippen LogP) is 5.89. The van der Waals surface area contributed by atoms with Crippen molar-refractivity contribution in [3.8, 4) is 0 Å². The van der Waals surface area contributed by atoms with Crippen LogP contribution in [0.5, 0.6) is 0 Å². The summed E-state index contributed by atoms with van der Waals surface area (Å²) >= 11 is 10.0. The van der Waals surface area contributed by atoms with Crippen LogP contribution in [-0.2, 0) is 9.59 Å². The monoisotopic (exact) mass is 513 g/mol. The Kier molecular flexibility index (Phi) is 6.58. The zero-order valence-electron chi connectivity index (χ0n) is 17.4. The van der Waals surface area contributed by atoms with Crippen LogP contribution in [-0.4, -0.2) is 32.7 Å². The molecule has 1 aromatic heterocycles. The third-order valence-electron chi connectivity index (χ3n) is 5.43. The summed E-state index contributed by atoms with van der Waals surface area (Å²) in [4.78, 5) is 28.4. The van der Waals surface area contributed by atoms with E-state index in [0.717, 1.165) is 37.8 Å². The van der Waals surface area contributed by atoms with Gasteiger partial charge in [0.2, 0.25) is 5.91 Å². The normalized spacial score (nSPS) is 15.8. The van der Waals surface area contributed by atoms with Crippen molar-refractivity contribution in [1.29, 1.82) is 0 Å². The van der Waals surface area contributed by atoms with Crippen molar-refractivity contribution in [2.75, 3.05) is 0 Å². The molecule has 0 aliphatic carbocycles. The van der Waals surface area contributed by atoms with E-state index in [-0.39, 0.29) is 25.2 Å². The van der Waals surface area contributed by atoms with Crippen LogP contribution in [0.4, 0.5) is 0 Å². The highest BCUT2D eigenvalue weighted by atomic mass is 79.9. The lowest BCUT2D eigenvalue weighted by Crippen LogP contribution is -2.27. The number of benzene rings is 2. The van der Waals surface area contributed by atoms with Gasteiger partial charge < -0.3 is 5.11 Å². The molecule has 32 heavy (non-hydrogen) atoms. The molecule has 6 nitrogen and oxygen atoms in total. The third kappa shape index (κ3) is 4.84. The minimum atomic E-state index is -0.924. The molecule has 2 heterocycles. The van der Waals surface area contributed by atoms with E-state index in [9.17, 15) is 9.59 Å². The number of carbonyl (C=O) groups is 2. The van der Waals surface area contributed by atoms with Crippen LogP contribution in [0.2, 0.25) is 5.15 Å². The van der Waals surface area contributed by atoms with Crippen molar-refractivity contribution < 1.29 is 14.7 Å². The summed E-state index contributed by atoms with van der Waals surface area (Å²) in [6.45, 7) is 2.01. The molecule has 4 rings (SSSR count). The lowest BCUT2D eigenvalue weighted by Gasteiger charge is -2.23. The SMILES string of the molecule is Cc1ccc2nc(Cl)c(C3CC(c4ccc(Br)cc4)=NN3C(=O)CCCC(=O)O)cc2c1. The average Bonchev–Trinajstić information content (AvgIpc) is 3.19. The van der Waals surface area contributed by atoms with Crippen LogP contribution >= 0.6 is 27.5 Å². The Morgan fingerprint density at radius 3 is 2.62 bits per heavy atom. The van der Waals surface area contributed by atoms with Crippen LogP contribution in [0.25, 0.3) is 10.9 Å². The van der Waals surface area contributed by atoms with E-state index in [4.69, 9.17) is 16.7 Å². The number of carbonyl (C=O) groups excluding carboxylic acids is 1. The topological polar surface area (TPSA) is 82.9 Å². The first-order valence-corrected chi connectivity index (χ1v) is 11.4. The molecule has 0 radical (unpaired) electrons. The lowest BCUT2D eigenvalue weighted by molar-refractivity contribution is -0.137. The van der Waals surface area contributed by atoms with Gasteiger partial charge in [-0.05, 0) is 49.2 Å². The number of aliphatic carboxylic acids is 1. The molecular weight excluding hydrogens is 494 g/mol. The summed E-state index contributed by atoms with van der Waals surface area (Å²) in [5, 5.41) is 16.3. The van der Waals surface area contributed by atoms with Crippen molar-refractivity contribution in [2.45, 2.75) is 38.6 Å². The number of carboxylic acids is 1. The molecule has 164 valence electrons. The summed E-state index contributed by atoms with van der Waals surface area (Å²) < 4.78 is 0.954. The third-order valence-corrected chi connectivity index (χ3v) is 6.27. The first-order valence-electron chi connectivity index (χ1n) is 10.3. The second-order valence-electron chi connectivity index (χ2n) is 7.82. The standard InChI is InChI=1S/C24H21BrClN3O3/c1-14-5-10-19-16(11-14)12-18(24(26)27-19)21-13-20(15-6-8-17(25)9-7-15)28-29(21)22(30)3-2-4-23(31)32/h5-12,21H,2-4,13H2,1H3,(H,31,32). The van der Waals surface area contributed by atoms with E-state index in [1.54, 1.807) is 0 Å². The molecule has 1 aliphatic heterocycles. The molecule has 0 bridgehead atoms. The average molecular weight is 515 g/mol. The number of aryl methyl sites for hydroxylation is 1. The van der Waals surface area contributed by atoms with Crippen molar-refractivity contribution in [3.05, 3.63) is 74.8 Å². The molecule has 1 unspecified atom stereocenters. The van der Waals surface area contributed by atoms with Gasteiger partial charge in [0.1, 0.15) is 5.15 Å².